The summed E-state index contributed by atoms with van der Waals surface area (Å²) in [4.78, 5) is 13.8. The van der Waals surface area contributed by atoms with Gasteiger partial charge in [0.15, 0.2) is 0 Å². The summed E-state index contributed by atoms with van der Waals surface area (Å²) in [5, 5.41) is 0. The van der Waals surface area contributed by atoms with Gasteiger partial charge in [-0.15, -0.1) is 0 Å². The van der Waals surface area contributed by atoms with E-state index in [1.165, 1.54) is 0 Å². The SMILES string of the molecule is CCCN(C)C(=O)C1CCCC(N)C1. The van der Waals surface area contributed by atoms with Gasteiger partial charge in [-0.25, -0.2) is 0 Å². The third-order valence-corrected chi connectivity index (χ3v) is 3.00. The number of hydrogen-bond donors (Lipinski definition) is 1. The molecule has 0 radical (unpaired) electrons. The van der Waals surface area contributed by atoms with E-state index in [9.17, 15) is 4.79 Å². The van der Waals surface area contributed by atoms with E-state index in [0.717, 1.165) is 38.6 Å². The number of carbonyl (C=O) groups excluding carboxylic acids is 1. The van der Waals surface area contributed by atoms with Crippen molar-refractivity contribution in [1.29, 1.82) is 0 Å². The molecule has 1 rings (SSSR count). The Bertz CT molecular complexity index is 194. The molecule has 0 aliphatic heterocycles. The van der Waals surface area contributed by atoms with Gasteiger partial charge in [-0.05, 0) is 25.7 Å². The van der Waals surface area contributed by atoms with Crippen LogP contribution in [-0.4, -0.2) is 30.4 Å². The highest BCUT2D eigenvalue weighted by Crippen LogP contribution is 2.24. The van der Waals surface area contributed by atoms with Gasteiger partial charge in [-0.1, -0.05) is 13.3 Å². The highest BCUT2D eigenvalue weighted by atomic mass is 16.2. The van der Waals surface area contributed by atoms with Crippen LogP contribution in [0, 0.1) is 5.92 Å². The predicted molar refractivity (Wildman–Crippen MR) is 57.9 cm³/mol. The molecule has 1 fully saturated rings. The number of hydrogen-bond acceptors (Lipinski definition) is 2. The van der Waals surface area contributed by atoms with Gasteiger partial charge < -0.3 is 10.6 Å². The standard InChI is InChI=1S/C11H22N2O/c1-3-7-13(2)11(14)9-5-4-6-10(12)8-9/h9-10H,3-8,12H2,1-2H3. The summed E-state index contributed by atoms with van der Waals surface area (Å²) in [5.74, 6) is 0.484. The highest BCUT2D eigenvalue weighted by Gasteiger charge is 2.26. The fraction of sp³-hybridized carbons (Fsp3) is 0.909. The molecule has 0 spiro atoms. The van der Waals surface area contributed by atoms with Crippen LogP contribution in [0.15, 0.2) is 0 Å². The zero-order chi connectivity index (χ0) is 10.6. The van der Waals surface area contributed by atoms with Gasteiger partial charge in [-0.2, -0.15) is 0 Å². The van der Waals surface area contributed by atoms with Crippen molar-refractivity contribution in [2.45, 2.75) is 45.1 Å². The molecule has 3 heteroatoms. The Morgan fingerprint density at radius 3 is 2.79 bits per heavy atom. The lowest BCUT2D eigenvalue weighted by atomic mass is 9.85. The van der Waals surface area contributed by atoms with Crippen molar-refractivity contribution >= 4 is 5.91 Å². The third kappa shape index (κ3) is 2.98. The van der Waals surface area contributed by atoms with Crippen LogP contribution in [0.5, 0.6) is 0 Å². The topological polar surface area (TPSA) is 46.3 Å². The zero-order valence-electron chi connectivity index (χ0n) is 9.33. The van der Waals surface area contributed by atoms with E-state index in [1.807, 2.05) is 11.9 Å². The molecule has 0 bridgehead atoms. The van der Waals surface area contributed by atoms with Crippen LogP contribution in [0.2, 0.25) is 0 Å². The van der Waals surface area contributed by atoms with Crippen molar-refractivity contribution in [2.24, 2.45) is 11.7 Å². The van der Waals surface area contributed by atoms with E-state index in [1.54, 1.807) is 0 Å². The second-order valence-electron chi connectivity index (χ2n) is 4.38. The van der Waals surface area contributed by atoms with Gasteiger partial charge in [0.25, 0.3) is 0 Å². The van der Waals surface area contributed by atoms with Crippen molar-refractivity contribution in [3.8, 4) is 0 Å². The molecule has 1 amide bonds. The minimum atomic E-state index is 0.190. The minimum absolute atomic E-state index is 0.190. The molecule has 1 aliphatic rings. The Labute approximate surface area is 86.6 Å². The number of amides is 1. The van der Waals surface area contributed by atoms with Crippen LogP contribution in [0.4, 0.5) is 0 Å². The summed E-state index contributed by atoms with van der Waals surface area (Å²) in [6.07, 6.45) is 5.13. The van der Waals surface area contributed by atoms with Gasteiger partial charge in [-0.3, -0.25) is 4.79 Å². The van der Waals surface area contributed by atoms with Crippen LogP contribution < -0.4 is 5.73 Å². The normalized spacial score (nSPS) is 27.4. The lowest BCUT2D eigenvalue weighted by Gasteiger charge is -2.29. The molecule has 1 aliphatic carbocycles. The fourth-order valence-corrected chi connectivity index (χ4v) is 2.21. The summed E-state index contributed by atoms with van der Waals surface area (Å²) in [5.41, 5.74) is 5.87. The van der Waals surface area contributed by atoms with E-state index >= 15 is 0 Å². The first-order valence-corrected chi connectivity index (χ1v) is 5.65. The Morgan fingerprint density at radius 1 is 1.50 bits per heavy atom. The van der Waals surface area contributed by atoms with E-state index in [2.05, 4.69) is 6.92 Å². The minimum Gasteiger partial charge on any atom is -0.346 e. The largest absolute Gasteiger partial charge is 0.346 e. The third-order valence-electron chi connectivity index (χ3n) is 3.00. The van der Waals surface area contributed by atoms with E-state index in [-0.39, 0.29) is 12.0 Å². The fourth-order valence-electron chi connectivity index (χ4n) is 2.21. The Hall–Kier alpha value is -0.570. The zero-order valence-corrected chi connectivity index (χ0v) is 9.33. The van der Waals surface area contributed by atoms with Crippen LogP contribution >= 0.6 is 0 Å². The number of nitrogens with two attached hydrogens (primary N) is 1. The quantitative estimate of drug-likeness (QED) is 0.744. The second kappa shape index (κ2) is 5.35. The Balaban J connectivity index is 2.42. The summed E-state index contributed by atoms with van der Waals surface area (Å²) in [7, 11) is 1.89. The molecule has 0 saturated heterocycles. The smallest absolute Gasteiger partial charge is 0.225 e. The van der Waals surface area contributed by atoms with E-state index in [0.29, 0.717) is 5.91 Å². The van der Waals surface area contributed by atoms with E-state index < -0.39 is 0 Å². The van der Waals surface area contributed by atoms with Crippen molar-refractivity contribution in [1.82, 2.24) is 4.90 Å². The molecule has 3 nitrogen and oxygen atoms in total. The molecule has 0 aromatic heterocycles. The Kier molecular flexibility index (Phi) is 4.39. The van der Waals surface area contributed by atoms with Crippen molar-refractivity contribution in [2.75, 3.05) is 13.6 Å². The van der Waals surface area contributed by atoms with Crippen LogP contribution in [0.1, 0.15) is 39.0 Å². The van der Waals surface area contributed by atoms with Crippen LogP contribution in [0.25, 0.3) is 0 Å². The summed E-state index contributed by atoms with van der Waals surface area (Å²) >= 11 is 0. The Morgan fingerprint density at radius 2 is 2.21 bits per heavy atom. The maximum absolute atomic E-state index is 11.9. The molecule has 0 heterocycles. The summed E-state index contributed by atoms with van der Waals surface area (Å²) in [6, 6.07) is 0.243. The summed E-state index contributed by atoms with van der Waals surface area (Å²) in [6.45, 7) is 2.96. The number of carbonyl (C=O) groups is 1. The summed E-state index contributed by atoms with van der Waals surface area (Å²) < 4.78 is 0. The molecule has 1 saturated carbocycles. The van der Waals surface area contributed by atoms with Crippen molar-refractivity contribution in [3.05, 3.63) is 0 Å². The van der Waals surface area contributed by atoms with Gasteiger partial charge in [0.2, 0.25) is 5.91 Å². The second-order valence-corrected chi connectivity index (χ2v) is 4.38. The van der Waals surface area contributed by atoms with Gasteiger partial charge in [0.1, 0.15) is 0 Å². The molecule has 2 N–H and O–H groups in total. The molecule has 2 unspecified atom stereocenters. The predicted octanol–water partition coefficient (Wildman–Crippen LogP) is 1.37. The molecule has 14 heavy (non-hydrogen) atoms. The van der Waals surface area contributed by atoms with Crippen LogP contribution in [0.3, 0.4) is 0 Å². The highest BCUT2D eigenvalue weighted by molar-refractivity contribution is 5.78. The molecular formula is C11H22N2O. The lowest BCUT2D eigenvalue weighted by Crippen LogP contribution is -2.39. The molecule has 82 valence electrons. The molecule has 2 atom stereocenters. The number of rotatable bonds is 3. The van der Waals surface area contributed by atoms with Gasteiger partial charge in [0, 0.05) is 25.6 Å². The van der Waals surface area contributed by atoms with Crippen molar-refractivity contribution < 1.29 is 4.79 Å². The number of nitrogens with zero attached hydrogens (tertiary/aromatic N) is 1. The molecule has 0 aromatic rings. The molecule has 0 aromatic carbocycles. The average molecular weight is 198 g/mol. The lowest BCUT2D eigenvalue weighted by molar-refractivity contribution is -0.135. The first kappa shape index (κ1) is 11.5. The molecular weight excluding hydrogens is 176 g/mol. The van der Waals surface area contributed by atoms with E-state index in [4.69, 9.17) is 5.73 Å². The monoisotopic (exact) mass is 198 g/mol. The maximum atomic E-state index is 11.9. The van der Waals surface area contributed by atoms with Gasteiger partial charge >= 0.3 is 0 Å². The first-order valence-electron chi connectivity index (χ1n) is 5.65. The first-order chi connectivity index (χ1) is 6.65. The van der Waals surface area contributed by atoms with Crippen LogP contribution in [-0.2, 0) is 4.79 Å². The van der Waals surface area contributed by atoms with Crippen molar-refractivity contribution in [3.63, 3.8) is 0 Å². The average Bonchev–Trinajstić information content (AvgIpc) is 2.17. The maximum Gasteiger partial charge on any atom is 0.225 e. The van der Waals surface area contributed by atoms with Gasteiger partial charge in [0.05, 0.1) is 0 Å².